The first-order valence-electron chi connectivity index (χ1n) is 9.51. The van der Waals surface area contributed by atoms with Gasteiger partial charge in [0, 0.05) is 18.8 Å². The van der Waals surface area contributed by atoms with Crippen molar-refractivity contribution in [1.29, 1.82) is 0 Å². The van der Waals surface area contributed by atoms with E-state index in [0.29, 0.717) is 42.5 Å². The van der Waals surface area contributed by atoms with Crippen LogP contribution in [0.2, 0.25) is 0 Å². The Kier molecular flexibility index (Phi) is 5.56. The third-order valence-electron chi connectivity index (χ3n) is 4.78. The van der Waals surface area contributed by atoms with E-state index in [-0.39, 0.29) is 11.8 Å². The highest BCUT2D eigenvalue weighted by molar-refractivity contribution is 5.97. The minimum atomic E-state index is -0.488. The predicted octanol–water partition coefficient (Wildman–Crippen LogP) is 3.39. The van der Waals surface area contributed by atoms with E-state index in [1.165, 1.54) is 6.20 Å². The molecule has 0 aliphatic carbocycles. The fourth-order valence-corrected chi connectivity index (χ4v) is 3.33. The minimum absolute atomic E-state index is 0.177. The average Bonchev–Trinajstić information content (AvgIpc) is 3.45. The molecule has 1 unspecified atom stereocenters. The maximum absolute atomic E-state index is 12.9. The van der Waals surface area contributed by atoms with Crippen LogP contribution in [0.25, 0.3) is 0 Å². The molecule has 1 saturated heterocycles. The van der Waals surface area contributed by atoms with Crippen LogP contribution in [0.15, 0.2) is 71.5 Å². The van der Waals surface area contributed by atoms with Crippen LogP contribution in [0.1, 0.15) is 29.0 Å². The van der Waals surface area contributed by atoms with Crippen molar-refractivity contribution in [2.75, 3.05) is 6.54 Å². The second-order valence-corrected chi connectivity index (χ2v) is 6.75. The zero-order valence-electron chi connectivity index (χ0n) is 15.8. The number of hydrogen-bond donors (Lipinski definition) is 1. The number of nitrogens with one attached hydrogen (secondary N) is 1. The first kappa shape index (κ1) is 18.7. The number of hydrogen-bond acceptors (Lipinski definition) is 5. The molecular formula is C22H21N3O4. The standard InChI is InChI=1S/C22H21N3O4/c26-21(24-15-18-8-5-13-28-18)19-9-4-12-25(19)22(27)16-10-11-20(23-14-16)29-17-6-2-1-3-7-17/h1-3,5-8,10-11,13-14,19H,4,9,12,15H2,(H,24,26). The summed E-state index contributed by atoms with van der Waals surface area (Å²) in [5.41, 5.74) is 0.427. The number of carbonyl (C=O) groups excluding carboxylic acids is 2. The second-order valence-electron chi connectivity index (χ2n) is 6.75. The molecule has 1 N–H and O–H groups in total. The highest BCUT2D eigenvalue weighted by Crippen LogP contribution is 2.22. The van der Waals surface area contributed by atoms with E-state index in [9.17, 15) is 9.59 Å². The molecule has 2 amide bonds. The van der Waals surface area contributed by atoms with Crippen LogP contribution >= 0.6 is 0 Å². The number of carbonyl (C=O) groups is 2. The molecule has 1 atom stereocenters. The minimum Gasteiger partial charge on any atom is -0.467 e. The van der Waals surface area contributed by atoms with E-state index in [1.807, 2.05) is 30.3 Å². The zero-order chi connectivity index (χ0) is 20.1. The van der Waals surface area contributed by atoms with Crippen molar-refractivity contribution in [2.24, 2.45) is 0 Å². The lowest BCUT2D eigenvalue weighted by Gasteiger charge is -2.23. The summed E-state index contributed by atoms with van der Waals surface area (Å²) in [7, 11) is 0. The van der Waals surface area contributed by atoms with E-state index in [1.54, 1.807) is 35.4 Å². The van der Waals surface area contributed by atoms with Crippen LogP contribution in [0.5, 0.6) is 11.6 Å². The third kappa shape index (κ3) is 4.45. The Morgan fingerprint density at radius 3 is 2.72 bits per heavy atom. The van der Waals surface area contributed by atoms with Crippen molar-refractivity contribution < 1.29 is 18.7 Å². The van der Waals surface area contributed by atoms with Gasteiger partial charge < -0.3 is 19.4 Å². The molecule has 3 aromatic rings. The summed E-state index contributed by atoms with van der Waals surface area (Å²) < 4.78 is 10.9. The summed E-state index contributed by atoms with van der Waals surface area (Å²) in [6.07, 6.45) is 4.47. The fraction of sp³-hybridized carbons (Fsp3) is 0.227. The zero-order valence-corrected chi connectivity index (χ0v) is 15.8. The van der Waals surface area contributed by atoms with Crippen LogP contribution in [0.3, 0.4) is 0 Å². The number of likely N-dealkylation sites (tertiary alicyclic amines) is 1. The van der Waals surface area contributed by atoms with E-state index >= 15 is 0 Å². The quantitative estimate of drug-likeness (QED) is 0.696. The Hall–Kier alpha value is -3.61. The molecule has 0 bridgehead atoms. The Morgan fingerprint density at radius 1 is 1.14 bits per heavy atom. The lowest BCUT2D eigenvalue weighted by Crippen LogP contribution is -2.45. The van der Waals surface area contributed by atoms with Crippen LogP contribution in [-0.2, 0) is 11.3 Å². The van der Waals surface area contributed by atoms with E-state index in [4.69, 9.17) is 9.15 Å². The summed E-state index contributed by atoms with van der Waals surface area (Å²) in [5, 5.41) is 2.84. The fourth-order valence-electron chi connectivity index (χ4n) is 3.33. The van der Waals surface area contributed by atoms with Gasteiger partial charge in [0.05, 0.1) is 18.4 Å². The van der Waals surface area contributed by atoms with Gasteiger partial charge in [-0.1, -0.05) is 18.2 Å². The van der Waals surface area contributed by atoms with Crippen LogP contribution in [0.4, 0.5) is 0 Å². The Balaban J connectivity index is 1.39. The lowest BCUT2D eigenvalue weighted by molar-refractivity contribution is -0.125. The van der Waals surface area contributed by atoms with Crippen molar-refractivity contribution >= 4 is 11.8 Å². The monoisotopic (exact) mass is 391 g/mol. The molecule has 7 heteroatoms. The number of benzene rings is 1. The van der Waals surface area contributed by atoms with Crippen molar-refractivity contribution in [3.05, 3.63) is 78.4 Å². The van der Waals surface area contributed by atoms with Crippen LogP contribution in [0, 0.1) is 0 Å². The molecule has 4 rings (SSSR count). The molecule has 2 aromatic heterocycles. The van der Waals surface area contributed by atoms with E-state index in [0.717, 1.165) is 6.42 Å². The van der Waals surface area contributed by atoms with Gasteiger partial charge in [0.1, 0.15) is 17.6 Å². The third-order valence-corrected chi connectivity index (χ3v) is 4.78. The van der Waals surface area contributed by atoms with Crippen LogP contribution < -0.4 is 10.1 Å². The Bertz CT molecular complexity index is 955. The van der Waals surface area contributed by atoms with E-state index in [2.05, 4.69) is 10.3 Å². The predicted molar refractivity (Wildman–Crippen MR) is 105 cm³/mol. The summed E-state index contributed by atoms with van der Waals surface area (Å²) in [5.74, 6) is 1.37. The number of para-hydroxylation sites is 1. The maximum Gasteiger partial charge on any atom is 0.256 e. The normalized spacial score (nSPS) is 15.9. The van der Waals surface area contributed by atoms with Gasteiger partial charge in [-0.2, -0.15) is 0 Å². The second kappa shape index (κ2) is 8.60. The maximum atomic E-state index is 12.9. The van der Waals surface area contributed by atoms with Crippen molar-refractivity contribution in [1.82, 2.24) is 15.2 Å². The molecule has 7 nitrogen and oxygen atoms in total. The lowest BCUT2D eigenvalue weighted by atomic mass is 10.2. The van der Waals surface area contributed by atoms with Gasteiger partial charge in [0.25, 0.3) is 5.91 Å². The molecule has 1 aliphatic rings. The number of pyridine rings is 1. The molecule has 1 aromatic carbocycles. The number of ether oxygens (including phenoxy) is 1. The van der Waals surface area contributed by atoms with Gasteiger partial charge in [-0.15, -0.1) is 0 Å². The molecule has 148 valence electrons. The largest absolute Gasteiger partial charge is 0.467 e. The number of amides is 2. The molecular weight excluding hydrogens is 370 g/mol. The smallest absolute Gasteiger partial charge is 0.256 e. The van der Waals surface area contributed by atoms with Crippen molar-refractivity contribution in [3.8, 4) is 11.6 Å². The molecule has 29 heavy (non-hydrogen) atoms. The summed E-state index contributed by atoms with van der Waals surface area (Å²) in [6.45, 7) is 0.845. The molecule has 0 saturated carbocycles. The summed E-state index contributed by atoms with van der Waals surface area (Å²) >= 11 is 0. The van der Waals surface area contributed by atoms with Crippen LogP contribution in [-0.4, -0.2) is 34.3 Å². The first-order chi connectivity index (χ1) is 14.2. The summed E-state index contributed by atoms with van der Waals surface area (Å²) in [6, 6.07) is 15.7. The SMILES string of the molecule is O=C(NCc1ccco1)C1CCCN1C(=O)c1ccc(Oc2ccccc2)nc1. The van der Waals surface area contributed by atoms with Gasteiger partial charge in [-0.3, -0.25) is 9.59 Å². The topological polar surface area (TPSA) is 84.7 Å². The molecule has 1 aliphatic heterocycles. The average molecular weight is 391 g/mol. The Labute approximate surface area is 168 Å². The molecule has 3 heterocycles. The number of nitrogens with zero attached hydrogens (tertiary/aromatic N) is 2. The highest BCUT2D eigenvalue weighted by Gasteiger charge is 2.34. The van der Waals surface area contributed by atoms with Crippen molar-refractivity contribution in [2.45, 2.75) is 25.4 Å². The van der Waals surface area contributed by atoms with Gasteiger partial charge in [0.15, 0.2) is 0 Å². The Morgan fingerprint density at radius 2 is 2.00 bits per heavy atom. The highest BCUT2D eigenvalue weighted by atomic mass is 16.5. The molecule has 0 radical (unpaired) electrons. The van der Waals surface area contributed by atoms with Gasteiger partial charge in [-0.25, -0.2) is 4.98 Å². The van der Waals surface area contributed by atoms with Gasteiger partial charge in [0.2, 0.25) is 11.8 Å². The summed E-state index contributed by atoms with van der Waals surface area (Å²) in [4.78, 5) is 31.3. The van der Waals surface area contributed by atoms with Crippen molar-refractivity contribution in [3.63, 3.8) is 0 Å². The number of aromatic nitrogens is 1. The number of furan rings is 1. The van der Waals surface area contributed by atoms with E-state index < -0.39 is 6.04 Å². The van der Waals surface area contributed by atoms with Gasteiger partial charge >= 0.3 is 0 Å². The molecule has 1 fully saturated rings. The van der Waals surface area contributed by atoms with Gasteiger partial charge in [-0.05, 0) is 43.2 Å². The first-order valence-corrected chi connectivity index (χ1v) is 9.51. The molecule has 0 spiro atoms. The number of rotatable bonds is 6.